The zero-order chi connectivity index (χ0) is 22.5. The summed E-state index contributed by atoms with van der Waals surface area (Å²) in [4.78, 5) is 35.9. The van der Waals surface area contributed by atoms with Crippen molar-refractivity contribution in [1.82, 2.24) is 9.78 Å². The summed E-state index contributed by atoms with van der Waals surface area (Å²) in [6.45, 7) is 2.81. The molecule has 10 nitrogen and oxygen atoms in total. The molecule has 31 heavy (non-hydrogen) atoms. The van der Waals surface area contributed by atoms with E-state index in [9.17, 15) is 19.7 Å². The molecule has 0 saturated carbocycles. The van der Waals surface area contributed by atoms with Gasteiger partial charge in [0.05, 0.1) is 23.3 Å². The molecule has 0 unspecified atom stereocenters. The molecule has 2 amide bonds. The van der Waals surface area contributed by atoms with Crippen molar-refractivity contribution in [2.24, 2.45) is 0 Å². The Labute approximate surface area is 178 Å². The number of ether oxygens (including phenoxy) is 1. The van der Waals surface area contributed by atoms with Crippen LogP contribution in [0, 0.1) is 24.0 Å². The average Bonchev–Trinajstić information content (AvgIpc) is 3.01. The molecule has 3 aromatic rings. The number of methoxy groups -OCH3 is 1. The summed E-state index contributed by atoms with van der Waals surface area (Å²) in [5.74, 6) is -0.205. The summed E-state index contributed by atoms with van der Waals surface area (Å²) in [5.41, 5.74) is 1.55. The fraction of sp³-hybridized carbons (Fsp3) is 0.190. The number of carbonyl (C=O) groups excluding carboxylic acids is 2. The summed E-state index contributed by atoms with van der Waals surface area (Å²) in [6, 6.07) is 13.4. The molecular weight excluding hydrogens is 402 g/mol. The third-order valence-electron chi connectivity index (χ3n) is 4.61. The lowest BCUT2D eigenvalue weighted by Crippen LogP contribution is -2.22. The Morgan fingerprint density at radius 1 is 1.10 bits per heavy atom. The topological polar surface area (TPSA) is 128 Å². The number of benzene rings is 2. The highest BCUT2D eigenvalue weighted by Crippen LogP contribution is 2.22. The zero-order valence-corrected chi connectivity index (χ0v) is 17.2. The van der Waals surface area contributed by atoms with Crippen LogP contribution in [0.15, 0.2) is 48.5 Å². The molecule has 0 fully saturated rings. The first-order valence-electron chi connectivity index (χ1n) is 9.33. The van der Waals surface area contributed by atoms with Gasteiger partial charge >= 0.3 is 5.69 Å². The van der Waals surface area contributed by atoms with E-state index in [-0.39, 0.29) is 29.2 Å². The van der Waals surface area contributed by atoms with E-state index in [2.05, 4.69) is 15.7 Å². The highest BCUT2D eigenvalue weighted by molar-refractivity contribution is 6.10. The van der Waals surface area contributed by atoms with Gasteiger partial charge in [-0.1, -0.05) is 12.1 Å². The molecule has 0 atom stereocenters. The van der Waals surface area contributed by atoms with E-state index in [4.69, 9.17) is 4.74 Å². The predicted octanol–water partition coefficient (Wildman–Crippen LogP) is 3.31. The van der Waals surface area contributed by atoms with Crippen molar-refractivity contribution in [2.45, 2.75) is 20.4 Å². The van der Waals surface area contributed by atoms with Crippen LogP contribution in [-0.2, 0) is 11.3 Å². The number of amides is 2. The standard InChI is InChI=1S/C21H21N5O5/c1-13-20(26(29)30)14(2)25(24-13)12-19(27)23-18-7-5-4-6-17(18)21(28)22-15-8-10-16(31-3)11-9-15/h4-11H,12H2,1-3H3,(H,22,28)(H,23,27). The Bertz CT molecular complexity index is 1140. The van der Waals surface area contributed by atoms with Crippen molar-refractivity contribution in [3.63, 3.8) is 0 Å². The summed E-state index contributed by atoms with van der Waals surface area (Å²) < 4.78 is 6.36. The Balaban J connectivity index is 1.74. The first kappa shape index (κ1) is 21.5. The molecule has 10 heteroatoms. The molecule has 0 aliphatic heterocycles. The molecule has 1 aromatic heterocycles. The molecule has 2 N–H and O–H groups in total. The van der Waals surface area contributed by atoms with Crippen LogP contribution in [0.5, 0.6) is 5.75 Å². The number of carbonyl (C=O) groups is 2. The Morgan fingerprint density at radius 2 is 1.77 bits per heavy atom. The van der Waals surface area contributed by atoms with E-state index >= 15 is 0 Å². The number of hydrogen-bond acceptors (Lipinski definition) is 6. The summed E-state index contributed by atoms with van der Waals surface area (Å²) >= 11 is 0. The highest BCUT2D eigenvalue weighted by Gasteiger charge is 2.23. The van der Waals surface area contributed by atoms with Gasteiger partial charge in [-0.3, -0.25) is 24.4 Å². The van der Waals surface area contributed by atoms with Crippen LogP contribution in [0.4, 0.5) is 17.1 Å². The van der Waals surface area contributed by atoms with E-state index in [0.717, 1.165) is 0 Å². The molecular formula is C21H21N5O5. The fourth-order valence-electron chi connectivity index (χ4n) is 3.09. The second kappa shape index (κ2) is 9.08. The number of nitro groups is 1. The predicted molar refractivity (Wildman–Crippen MR) is 114 cm³/mol. The normalized spacial score (nSPS) is 10.4. The molecule has 0 saturated heterocycles. The third kappa shape index (κ3) is 4.86. The van der Waals surface area contributed by atoms with Crippen LogP contribution in [0.2, 0.25) is 0 Å². The van der Waals surface area contributed by atoms with E-state index in [0.29, 0.717) is 17.1 Å². The van der Waals surface area contributed by atoms with Crippen molar-refractivity contribution in [2.75, 3.05) is 17.7 Å². The Hall–Kier alpha value is -4.21. The van der Waals surface area contributed by atoms with Gasteiger partial charge in [0, 0.05) is 5.69 Å². The smallest absolute Gasteiger partial charge is 0.312 e. The second-order valence-corrected chi connectivity index (χ2v) is 6.71. The van der Waals surface area contributed by atoms with Crippen LogP contribution in [-0.4, -0.2) is 33.6 Å². The fourth-order valence-corrected chi connectivity index (χ4v) is 3.09. The zero-order valence-electron chi connectivity index (χ0n) is 17.2. The number of nitrogens with one attached hydrogen (secondary N) is 2. The lowest BCUT2D eigenvalue weighted by Gasteiger charge is -2.12. The molecule has 0 spiro atoms. The Kier molecular flexibility index (Phi) is 6.29. The van der Waals surface area contributed by atoms with E-state index in [1.807, 2.05) is 0 Å². The SMILES string of the molecule is COc1ccc(NC(=O)c2ccccc2NC(=O)Cn2nc(C)c([N+](=O)[O-])c2C)cc1. The summed E-state index contributed by atoms with van der Waals surface area (Å²) in [5, 5.41) is 20.6. The second-order valence-electron chi connectivity index (χ2n) is 6.71. The van der Waals surface area contributed by atoms with Crippen molar-refractivity contribution in [1.29, 1.82) is 0 Å². The molecule has 0 aliphatic rings. The van der Waals surface area contributed by atoms with E-state index in [1.54, 1.807) is 55.6 Å². The first-order chi connectivity index (χ1) is 14.8. The lowest BCUT2D eigenvalue weighted by atomic mass is 10.1. The number of hydrogen-bond donors (Lipinski definition) is 2. The van der Waals surface area contributed by atoms with Gasteiger partial charge in [-0.25, -0.2) is 0 Å². The highest BCUT2D eigenvalue weighted by atomic mass is 16.6. The van der Waals surface area contributed by atoms with Gasteiger partial charge in [-0.05, 0) is 50.2 Å². The van der Waals surface area contributed by atoms with E-state index in [1.165, 1.54) is 18.5 Å². The molecule has 0 bridgehead atoms. The van der Waals surface area contributed by atoms with Gasteiger partial charge in [0.25, 0.3) is 5.91 Å². The largest absolute Gasteiger partial charge is 0.497 e. The first-order valence-corrected chi connectivity index (χ1v) is 9.33. The maximum atomic E-state index is 12.7. The number of nitrogens with zero attached hydrogens (tertiary/aromatic N) is 3. The summed E-state index contributed by atoms with van der Waals surface area (Å²) in [6.07, 6.45) is 0. The van der Waals surface area contributed by atoms with E-state index < -0.39 is 16.7 Å². The van der Waals surface area contributed by atoms with Crippen LogP contribution in [0.25, 0.3) is 0 Å². The third-order valence-corrected chi connectivity index (χ3v) is 4.61. The van der Waals surface area contributed by atoms with Crippen LogP contribution < -0.4 is 15.4 Å². The molecule has 2 aromatic carbocycles. The maximum Gasteiger partial charge on any atom is 0.312 e. The number of aryl methyl sites for hydroxylation is 1. The number of anilines is 2. The van der Waals surface area contributed by atoms with Gasteiger partial charge < -0.3 is 15.4 Å². The Morgan fingerprint density at radius 3 is 2.39 bits per heavy atom. The summed E-state index contributed by atoms with van der Waals surface area (Å²) in [7, 11) is 1.55. The van der Waals surface area contributed by atoms with Crippen LogP contribution >= 0.6 is 0 Å². The number of rotatable bonds is 7. The molecule has 3 rings (SSSR count). The van der Waals surface area contributed by atoms with Crippen LogP contribution in [0.1, 0.15) is 21.7 Å². The lowest BCUT2D eigenvalue weighted by molar-refractivity contribution is -0.386. The number of para-hydroxylation sites is 1. The monoisotopic (exact) mass is 423 g/mol. The van der Waals surface area contributed by atoms with Crippen LogP contribution in [0.3, 0.4) is 0 Å². The minimum absolute atomic E-state index is 0.118. The average molecular weight is 423 g/mol. The quantitative estimate of drug-likeness (QED) is 0.443. The van der Waals surface area contributed by atoms with Gasteiger partial charge in [0.1, 0.15) is 23.7 Å². The molecule has 1 heterocycles. The van der Waals surface area contributed by atoms with Crippen molar-refractivity contribution in [3.8, 4) is 5.75 Å². The molecule has 0 aliphatic carbocycles. The van der Waals surface area contributed by atoms with Gasteiger partial charge in [0.15, 0.2) is 0 Å². The minimum atomic E-state index is -0.523. The molecule has 0 radical (unpaired) electrons. The van der Waals surface area contributed by atoms with Crippen molar-refractivity contribution >= 4 is 28.9 Å². The van der Waals surface area contributed by atoms with Gasteiger partial charge in [0.2, 0.25) is 5.91 Å². The van der Waals surface area contributed by atoms with Crippen molar-refractivity contribution < 1.29 is 19.2 Å². The number of aromatic nitrogens is 2. The van der Waals surface area contributed by atoms with Gasteiger partial charge in [-0.2, -0.15) is 5.10 Å². The minimum Gasteiger partial charge on any atom is -0.497 e. The van der Waals surface area contributed by atoms with Gasteiger partial charge in [-0.15, -0.1) is 0 Å². The maximum absolute atomic E-state index is 12.7. The van der Waals surface area contributed by atoms with Crippen molar-refractivity contribution in [3.05, 3.63) is 75.6 Å². The molecule has 160 valence electrons.